The first-order valence-corrected chi connectivity index (χ1v) is 8.52. The van der Waals surface area contributed by atoms with Gasteiger partial charge in [-0.1, -0.05) is 6.07 Å². The minimum Gasteiger partial charge on any atom is -0.306 e. The summed E-state index contributed by atoms with van der Waals surface area (Å²) < 4.78 is 66.8. The van der Waals surface area contributed by atoms with E-state index in [1.54, 1.807) is 29.1 Å². The zero-order valence-electron chi connectivity index (χ0n) is 11.9. The molecule has 0 amide bonds. The predicted molar refractivity (Wildman–Crippen MR) is 78.7 cm³/mol. The first-order chi connectivity index (χ1) is 10.7. The zero-order valence-corrected chi connectivity index (χ0v) is 12.7. The molecule has 23 heavy (non-hydrogen) atoms. The second-order valence-electron chi connectivity index (χ2n) is 5.66. The molecular weight excluding hydrogens is 331 g/mol. The van der Waals surface area contributed by atoms with E-state index < -0.39 is 27.4 Å². The summed E-state index contributed by atoms with van der Waals surface area (Å²) in [4.78, 5) is 3.89. The van der Waals surface area contributed by atoms with Gasteiger partial charge in [-0.15, -0.1) is 0 Å². The minimum atomic E-state index is -4.50. The van der Waals surface area contributed by atoms with E-state index in [-0.39, 0.29) is 18.5 Å². The van der Waals surface area contributed by atoms with Crippen molar-refractivity contribution in [2.45, 2.75) is 19.0 Å². The summed E-state index contributed by atoms with van der Waals surface area (Å²) in [5, 5.41) is 0. The molecule has 0 radical (unpaired) electrons. The van der Waals surface area contributed by atoms with Crippen LogP contribution in [0, 0.1) is 5.41 Å². The summed E-state index contributed by atoms with van der Waals surface area (Å²) in [5.41, 5.74) is -1.23. The van der Waals surface area contributed by atoms with Crippen LogP contribution in [0.1, 0.15) is 12.8 Å². The largest absolute Gasteiger partial charge is 0.395 e. The lowest BCUT2D eigenvalue weighted by molar-refractivity contribution is -0.179. The van der Waals surface area contributed by atoms with E-state index in [0.29, 0.717) is 5.69 Å². The first-order valence-electron chi connectivity index (χ1n) is 6.86. The third-order valence-electron chi connectivity index (χ3n) is 3.84. The van der Waals surface area contributed by atoms with Crippen molar-refractivity contribution in [2.75, 3.05) is 10.5 Å². The number of hydrogen-bond donors (Lipinski definition) is 1. The molecule has 1 fully saturated rings. The van der Waals surface area contributed by atoms with Crippen molar-refractivity contribution >= 4 is 15.7 Å². The van der Waals surface area contributed by atoms with Crippen LogP contribution in [0.2, 0.25) is 0 Å². The molecule has 1 aliphatic rings. The molecule has 0 atom stereocenters. The number of benzene rings is 1. The monoisotopic (exact) mass is 345 g/mol. The molecular formula is C14H14F3N3O2S. The Labute approximate surface area is 131 Å². The fourth-order valence-electron chi connectivity index (χ4n) is 2.38. The van der Waals surface area contributed by atoms with Gasteiger partial charge >= 0.3 is 6.18 Å². The number of sulfonamides is 1. The van der Waals surface area contributed by atoms with Gasteiger partial charge in [0.1, 0.15) is 0 Å². The van der Waals surface area contributed by atoms with Crippen LogP contribution in [0.15, 0.2) is 43.0 Å². The van der Waals surface area contributed by atoms with Gasteiger partial charge in [-0.3, -0.25) is 4.72 Å². The molecule has 1 heterocycles. The van der Waals surface area contributed by atoms with Gasteiger partial charge in [0.2, 0.25) is 10.0 Å². The van der Waals surface area contributed by atoms with E-state index in [2.05, 4.69) is 9.71 Å². The third-order valence-corrected chi connectivity index (χ3v) is 5.32. The molecule has 1 N–H and O–H groups in total. The van der Waals surface area contributed by atoms with Gasteiger partial charge in [-0.05, 0) is 31.0 Å². The summed E-state index contributed by atoms with van der Waals surface area (Å²) >= 11 is 0. The Balaban J connectivity index is 1.78. The fourth-order valence-corrected chi connectivity index (χ4v) is 4.12. The maximum Gasteiger partial charge on any atom is 0.395 e. The SMILES string of the molecule is O=S(=O)(CC1(C(F)(F)F)CC1)Nc1cccc(-n2ccnc2)c1. The Hall–Kier alpha value is -2.03. The van der Waals surface area contributed by atoms with Crippen molar-refractivity contribution in [3.05, 3.63) is 43.0 Å². The van der Waals surface area contributed by atoms with Crippen LogP contribution < -0.4 is 4.72 Å². The van der Waals surface area contributed by atoms with E-state index in [4.69, 9.17) is 0 Å². The number of imidazole rings is 1. The smallest absolute Gasteiger partial charge is 0.306 e. The molecule has 1 aliphatic carbocycles. The Bertz CT molecular complexity index is 797. The van der Waals surface area contributed by atoms with Crippen molar-refractivity contribution in [2.24, 2.45) is 5.41 Å². The third kappa shape index (κ3) is 3.34. The molecule has 2 aromatic rings. The molecule has 0 aliphatic heterocycles. The highest BCUT2D eigenvalue weighted by atomic mass is 32.2. The normalized spacial score (nSPS) is 17.0. The van der Waals surface area contributed by atoms with Crippen LogP contribution in [0.5, 0.6) is 0 Å². The van der Waals surface area contributed by atoms with E-state index >= 15 is 0 Å². The van der Waals surface area contributed by atoms with Gasteiger partial charge in [0.25, 0.3) is 0 Å². The number of hydrogen-bond acceptors (Lipinski definition) is 3. The highest BCUT2D eigenvalue weighted by molar-refractivity contribution is 7.92. The number of alkyl halides is 3. The highest BCUT2D eigenvalue weighted by Gasteiger charge is 2.64. The summed E-state index contributed by atoms with van der Waals surface area (Å²) in [6, 6.07) is 6.37. The lowest BCUT2D eigenvalue weighted by Crippen LogP contribution is -2.34. The number of nitrogens with zero attached hydrogens (tertiary/aromatic N) is 2. The summed E-state index contributed by atoms with van der Waals surface area (Å²) in [6.07, 6.45) is -0.0106. The molecule has 1 aromatic carbocycles. The molecule has 0 spiro atoms. The lowest BCUT2D eigenvalue weighted by atomic mass is 10.1. The number of anilines is 1. The van der Waals surface area contributed by atoms with Crippen LogP contribution in [-0.2, 0) is 10.0 Å². The number of aromatic nitrogens is 2. The maximum atomic E-state index is 12.9. The van der Waals surface area contributed by atoms with Crippen LogP contribution >= 0.6 is 0 Å². The summed E-state index contributed by atoms with van der Waals surface area (Å²) in [7, 11) is -4.09. The minimum absolute atomic E-state index is 0.146. The summed E-state index contributed by atoms with van der Waals surface area (Å²) in [6.45, 7) is 0. The van der Waals surface area contributed by atoms with Crippen molar-refractivity contribution in [3.63, 3.8) is 0 Å². The molecule has 1 aromatic heterocycles. The second kappa shape index (κ2) is 5.26. The standard InChI is InChI=1S/C14H14F3N3O2S/c15-14(16,17)13(4-5-13)9-23(21,22)19-11-2-1-3-12(8-11)20-7-6-18-10-20/h1-3,6-8,10,19H,4-5,9H2. The second-order valence-corrected chi connectivity index (χ2v) is 7.38. The molecule has 0 unspecified atom stereocenters. The highest BCUT2D eigenvalue weighted by Crippen LogP contribution is 2.58. The van der Waals surface area contributed by atoms with E-state index in [9.17, 15) is 21.6 Å². The quantitative estimate of drug-likeness (QED) is 0.906. The lowest BCUT2D eigenvalue weighted by Gasteiger charge is -2.19. The van der Waals surface area contributed by atoms with Crippen molar-refractivity contribution in [3.8, 4) is 5.69 Å². The number of rotatable bonds is 5. The van der Waals surface area contributed by atoms with E-state index in [0.717, 1.165) is 0 Å². The topological polar surface area (TPSA) is 64.0 Å². The average molecular weight is 345 g/mol. The van der Waals surface area contributed by atoms with Crippen LogP contribution in [0.3, 0.4) is 0 Å². The van der Waals surface area contributed by atoms with Gasteiger partial charge in [0, 0.05) is 18.1 Å². The van der Waals surface area contributed by atoms with Gasteiger partial charge in [0.05, 0.1) is 23.2 Å². The number of halogens is 3. The predicted octanol–water partition coefficient (Wildman–Crippen LogP) is 2.96. The maximum absolute atomic E-state index is 12.9. The zero-order chi connectivity index (χ0) is 16.7. The Morgan fingerprint density at radius 3 is 2.61 bits per heavy atom. The molecule has 0 saturated heterocycles. The molecule has 124 valence electrons. The summed E-state index contributed by atoms with van der Waals surface area (Å²) in [5.74, 6) is -0.946. The fraction of sp³-hybridized carbons (Fsp3) is 0.357. The van der Waals surface area contributed by atoms with Gasteiger partial charge in [-0.2, -0.15) is 13.2 Å². The molecule has 9 heteroatoms. The first kappa shape index (κ1) is 15.9. The van der Waals surface area contributed by atoms with Crippen LogP contribution in [0.4, 0.5) is 18.9 Å². The van der Waals surface area contributed by atoms with Gasteiger partial charge in [0.15, 0.2) is 0 Å². The molecule has 3 rings (SSSR count). The van der Waals surface area contributed by atoms with Crippen LogP contribution in [-0.4, -0.2) is 29.9 Å². The Morgan fingerprint density at radius 2 is 2.04 bits per heavy atom. The molecule has 1 saturated carbocycles. The van der Waals surface area contributed by atoms with Crippen molar-refractivity contribution in [1.82, 2.24) is 9.55 Å². The molecule has 0 bridgehead atoms. The van der Waals surface area contributed by atoms with Gasteiger partial charge in [-0.25, -0.2) is 13.4 Å². The Morgan fingerprint density at radius 1 is 1.30 bits per heavy atom. The van der Waals surface area contributed by atoms with E-state index in [1.807, 2.05) is 0 Å². The Kier molecular flexibility index (Phi) is 3.62. The van der Waals surface area contributed by atoms with Gasteiger partial charge < -0.3 is 4.57 Å². The molecule has 5 nitrogen and oxygen atoms in total. The van der Waals surface area contributed by atoms with Crippen molar-refractivity contribution < 1.29 is 21.6 Å². The van der Waals surface area contributed by atoms with E-state index in [1.165, 1.54) is 18.5 Å². The van der Waals surface area contributed by atoms with Crippen LogP contribution in [0.25, 0.3) is 5.69 Å². The number of nitrogens with one attached hydrogen (secondary N) is 1. The average Bonchev–Trinajstić information content (AvgIpc) is 3.02. The van der Waals surface area contributed by atoms with Crippen molar-refractivity contribution in [1.29, 1.82) is 0 Å².